The van der Waals surface area contributed by atoms with Crippen molar-refractivity contribution in [2.75, 3.05) is 13.6 Å². The predicted octanol–water partition coefficient (Wildman–Crippen LogP) is 1.04. The van der Waals surface area contributed by atoms with E-state index in [2.05, 4.69) is 0 Å². The van der Waals surface area contributed by atoms with E-state index in [9.17, 15) is 9.59 Å². The van der Waals surface area contributed by atoms with Gasteiger partial charge in [0.05, 0.1) is 6.54 Å². The predicted molar refractivity (Wildman–Crippen MR) is 76.8 cm³/mol. The molecule has 1 aromatic rings. The maximum Gasteiger partial charge on any atom is 0.239 e. The summed E-state index contributed by atoms with van der Waals surface area (Å²) >= 11 is 0. The van der Waals surface area contributed by atoms with Gasteiger partial charge in [-0.3, -0.25) is 20.2 Å². The number of ketones is 1. The van der Waals surface area contributed by atoms with E-state index in [-0.39, 0.29) is 23.9 Å². The molecule has 1 amide bonds. The van der Waals surface area contributed by atoms with Crippen molar-refractivity contribution < 1.29 is 9.59 Å². The zero-order chi connectivity index (χ0) is 14.9. The van der Waals surface area contributed by atoms with Gasteiger partial charge in [0.1, 0.15) is 6.29 Å². The molecule has 1 aliphatic rings. The van der Waals surface area contributed by atoms with Gasteiger partial charge in [-0.05, 0) is 12.6 Å². The van der Waals surface area contributed by atoms with E-state index in [0.717, 1.165) is 5.56 Å². The highest BCUT2D eigenvalue weighted by Gasteiger charge is 2.32. The molecule has 1 aromatic carbocycles. The lowest BCUT2D eigenvalue weighted by atomic mass is 10.00. The van der Waals surface area contributed by atoms with Crippen molar-refractivity contribution in [1.82, 2.24) is 9.80 Å². The Morgan fingerprint density at radius 2 is 1.95 bits per heavy atom. The number of nitrogens with zero attached hydrogens (tertiary/aromatic N) is 2. The number of benzene rings is 1. The first-order valence-electron chi connectivity index (χ1n) is 6.78. The van der Waals surface area contributed by atoms with E-state index in [4.69, 9.17) is 5.73 Å². The number of likely N-dealkylation sites (N-methyl/N-ethyl adjacent to an activating group) is 1. The quantitative estimate of drug-likeness (QED) is 0.834. The lowest BCUT2D eigenvalue weighted by Gasteiger charge is -2.24. The molecule has 20 heavy (non-hydrogen) atoms. The van der Waals surface area contributed by atoms with Gasteiger partial charge in [-0.25, -0.2) is 0 Å². The van der Waals surface area contributed by atoms with Gasteiger partial charge in [0.2, 0.25) is 5.91 Å². The van der Waals surface area contributed by atoms with Crippen molar-refractivity contribution in [3.8, 4) is 0 Å². The number of hydrogen-bond acceptors (Lipinski definition) is 4. The summed E-state index contributed by atoms with van der Waals surface area (Å²) in [6, 6.07) is 7.39. The molecule has 2 rings (SSSR count). The summed E-state index contributed by atoms with van der Waals surface area (Å²) in [4.78, 5) is 27.1. The van der Waals surface area contributed by atoms with E-state index in [0.29, 0.717) is 18.7 Å². The van der Waals surface area contributed by atoms with Crippen LogP contribution in [0.3, 0.4) is 0 Å². The van der Waals surface area contributed by atoms with Crippen molar-refractivity contribution in [1.29, 1.82) is 0 Å². The number of Topliss-reactive ketones (excluding diaryl/α,β-unsaturated/α-hetero) is 1. The van der Waals surface area contributed by atoms with Crippen LogP contribution in [0.5, 0.6) is 0 Å². The van der Waals surface area contributed by atoms with Crippen LogP contribution in [0, 0.1) is 5.92 Å². The maximum atomic E-state index is 11.9. The van der Waals surface area contributed by atoms with Gasteiger partial charge in [-0.1, -0.05) is 38.1 Å². The molecule has 0 spiro atoms. The molecule has 0 radical (unpaired) electrons. The number of carbonyl (C=O) groups excluding carboxylic acids is 2. The van der Waals surface area contributed by atoms with Crippen LogP contribution in [-0.4, -0.2) is 41.4 Å². The van der Waals surface area contributed by atoms with Crippen molar-refractivity contribution in [2.24, 2.45) is 11.7 Å². The molecule has 1 atom stereocenters. The number of amides is 1. The lowest BCUT2D eigenvalue weighted by molar-refractivity contribution is -0.128. The highest BCUT2D eigenvalue weighted by Crippen LogP contribution is 2.16. The summed E-state index contributed by atoms with van der Waals surface area (Å²) in [6.45, 7) is 4.59. The average molecular weight is 275 g/mol. The monoisotopic (exact) mass is 275 g/mol. The third-order valence-electron chi connectivity index (χ3n) is 3.59. The first kappa shape index (κ1) is 14.7. The first-order chi connectivity index (χ1) is 9.40. The molecule has 108 valence electrons. The second kappa shape index (κ2) is 5.73. The molecule has 0 bridgehead atoms. The molecule has 2 N–H and O–H groups in total. The molecule has 1 heterocycles. The molecule has 1 unspecified atom stereocenters. The van der Waals surface area contributed by atoms with E-state index in [1.165, 1.54) is 0 Å². The summed E-state index contributed by atoms with van der Waals surface area (Å²) < 4.78 is 0. The van der Waals surface area contributed by atoms with Crippen LogP contribution >= 0.6 is 0 Å². The van der Waals surface area contributed by atoms with Crippen LogP contribution < -0.4 is 5.73 Å². The molecular weight excluding hydrogens is 254 g/mol. The fraction of sp³-hybridized carbons (Fsp3) is 0.467. The van der Waals surface area contributed by atoms with Crippen molar-refractivity contribution in [3.63, 3.8) is 0 Å². The second-order valence-electron chi connectivity index (χ2n) is 5.57. The molecular formula is C15H21N3O2. The van der Waals surface area contributed by atoms with Gasteiger partial charge in [0.15, 0.2) is 5.78 Å². The average Bonchev–Trinajstić information content (AvgIpc) is 2.65. The Kier molecular flexibility index (Phi) is 4.20. The van der Waals surface area contributed by atoms with Crippen LogP contribution in [0.4, 0.5) is 0 Å². The van der Waals surface area contributed by atoms with Crippen molar-refractivity contribution >= 4 is 11.7 Å². The fourth-order valence-electron chi connectivity index (χ4n) is 2.27. The molecule has 0 aromatic heterocycles. The van der Waals surface area contributed by atoms with Crippen molar-refractivity contribution in [3.05, 3.63) is 35.4 Å². The summed E-state index contributed by atoms with van der Waals surface area (Å²) in [5, 5.41) is 0. The van der Waals surface area contributed by atoms with Crippen LogP contribution in [-0.2, 0) is 11.3 Å². The highest BCUT2D eigenvalue weighted by atomic mass is 16.2. The molecule has 5 nitrogen and oxygen atoms in total. The van der Waals surface area contributed by atoms with Crippen LogP contribution in [0.1, 0.15) is 29.8 Å². The molecule has 5 heteroatoms. The minimum Gasteiger partial charge on any atom is -0.309 e. The van der Waals surface area contributed by atoms with Gasteiger partial charge >= 0.3 is 0 Å². The van der Waals surface area contributed by atoms with E-state index >= 15 is 0 Å². The number of rotatable bonds is 4. The largest absolute Gasteiger partial charge is 0.309 e. The maximum absolute atomic E-state index is 11.9. The van der Waals surface area contributed by atoms with E-state index in [1.54, 1.807) is 9.80 Å². The zero-order valence-corrected chi connectivity index (χ0v) is 12.2. The molecule has 1 saturated heterocycles. The summed E-state index contributed by atoms with van der Waals surface area (Å²) in [6.07, 6.45) is -0.375. The second-order valence-corrected chi connectivity index (χ2v) is 5.57. The highest BCUT2D eigenvalue weighted by molar-refractivity contribution is 5.97. The van der Waals surface area contributed by atoms with Gasteiger partial charge in [0, 0.05) is 18.0 Å². The Balaban J connectivity index is 2.08. The van der Waals surface area contributed by atoms with Gasteiger partial charge in [0.25, 0.3) is 0 Å². The minimum absolute atomic E-state index is 0.0110. The first-order valence-corrected chi connectivity index (χ1v) is 6.78. The smallest absolute Gasteiger partial charge is 0.239 e. The van der Waals surface area contributed by atoms with E-state index < -0.39 is 0 Å². The Hall–Kier alpha value is -1.72. The Morgan fingerprint density at radius 1 is 1.35 bits per heavy atom. The third-order valence-corrected chi connectivity index (χ3v) is 3.59. The van der Waals surface area contributed by atoms with Crippen LogP contribution in [0.25, 0.3) is 0 Å². The number of carbonyl (C=O) groups is 2. The van der Waals surface area contributed by atoms with Gasteiger partial charge < -0.3 is 4.90 Å². The third kappa shape index (κ3) is 2.89. The van der Waals surface area contributed by atoms with Gasteiger partial charge in [-0.2, -0.15) is 0 Å². The topological polar surface area (TPSA) is 66.6 Å². The number of nitrogens with two attached hydrogens (primary N) is 1. The lowest BCUT2D eigenvalue weighted by Crippen LogP contribution is -2.44. The standard InChI is InChI=1S/C15H21N3O2/c1-10(2)14(20)12-6-4-11(5-7-12)8-18-13(19)9-17(3)15(18)16/h4-7,10,15H,8-9,16H2,1-3H3. The Bertz CT molecular complexity index is 510. The van der Waals surface area contributed by atoms with Crippen LogP contribution in [0.2, 0.25) is 0 Å². The summed E-state index contributed by atoms with van der Waals surface area (Å²) in [7, 11) is 1.83. The van der Waals surface area contributed by atoms with Crippen LogP contribution in [0.15, 0.2) is 24.3 Å². The molecule has 0 aliphatic carbocycles. The Morgan fingerprint density at radius 3 is 2.40 bits per heavy atom. The minimum atomic E-state index is -0.375. The summed E-state index contributed by atoms with van der Waals surface area (Å²) in [5.41, 5.74) is 7.64. The molecule has 0 saturated carbocycles. The Labute approximate surface area is 119 Å². The molecule has 1 fully saturated rings. The molecule has 1 aliphatic heterocycles. The normalized spacial score (nSPS) is 19.9. The fourth-order valence-corrected chi connectivity index (χ4v) is 2.27. The van der Waals surface area contributed by atoms with Gasteiger partial charge in [-0.15, -0.1) is 0 Å². The van der Waals surface area contributed by atoms with E-state index in [1.807, 2.05) is 45.2 Å². The SMILES string of the molecule is CC(C)C(=O)c1ccc(CN2C(=O)CN(C)C2N)cc1. The zero-order valence-electron chi connectivity index (χ0n) is 12.2. The summed E-state index contributed by atoms with van der Waals surface area (Å²) in [5.74, 6) is 0.149. The van der Waals surface area contributed by atoms with Crippen molar-refractivity contribution in [2.45, 2.75) is 26.7 Å². The number of hydrogen-bond donors (Lipinski definition) is 1.